The maximum Gasteiger partial charge on any atom is 0.183 e. The van der Waals surface area contributed by atoms with Gasteiger partial charge in [-0.25, -0.2) is 0 Å². The van der Waals surface area contributed by atoms with Crippen LogP contribution in [0.5, 0.6) is 0 Å². The van der Waals surface area contributed by atoms with Crippen LogP contribution in [-0.4, -0.2) is 110 Å². The van der Waals surface area contributed by atoms with Gasteiger partial charge in [-0.3, -0.25) is 0 Å². The zero-order valence-electron chi connectivity index (χ0n) is 12.5. The lowest BCUT2D eigenvalue weighted by Crippen LogP contribution is -2.61. The Morgan fingerprint density at radius 1 is 0.783 bits per heavy atom. The van der Waals surface area contributed by atoms with Gasteiger partial charge in [0, 0.05) is 0 Å². The van der Waals surface area contributed by atoms with Crippen LogP contribution in [-0.2, 0) is 14.2 Å². The molecule has 2 heterocycles. The Balaban J connectivity index is 1.96. The molecule has 0 amide bonds. The second-order valence-corrected chi connectivity index (χ2v) is 5.88. The van der Waals surface area contributed by atoms with E-state index in [9.17, 15) is 30.6 Å². The highest BCUT2D eigenvalue weighted by Gasteiger charge is 2.46. The molecule has 2 saturated heterocycles. The standard InChI is InChI=1S/C13H24O10/c1-4-12(10(18)11(19)13(20)22-4)21-3-6-8(16)9(17)7(15)5(2-14)23-6/h4-20H,2-3H2,1H3/t4-,5+,6+,7+,8-,9-,10-,11+,12-,13+/m0/s1. The third-order valence-electron chi connectivity index (χ3n) is 4.24. The van der Waals surface area contributed by atoms with Gasteiger partial charge in [0.15, 0.2) is 6.29 Å². The Morgan fingerprint density at radius 3 is 2.00 bits per heavy atom. The molecule has 0 aliphatic carbocycles. The number of aliphatic hydroxyl groups is 7. The number of ether oxygens (including phenoxy) is 3. The Morgan fingerprint density at radius 2 is 1.39 bits per heavy atom. The molecular weight excluding hydrogens is 316 g/mol. The van der Waals surface area contributed by atoms with Gasteiger partial charge in [-0.05, 0) is 6.92 Å². The molecule has 0 aromatic carbocycles. The molecule has 2 fully saturated rings. The largest absolute Gasteiger partial charge is 0.394 e. The molecule has 10 heteroatoms. The number of hydrogen-bond acceptors (Lipinski definition) is 10. The van der Waals surface area contributed by atoms with Crippen molar-refractivity contribution in [3.63, 3.8) is 0 Å². The van der Waals surface area contributed by atoms with Crippen molar-refractivity contribution >= 4 is 0 Å². The molecule has 0 aromatic rings. The average molecular weight is 340 g/mol. The quantitative estimate of drug-likeness (QED) is 0.265. The first-order chi connectivity index (χ1) is 10.8. The van der Waals surface area contributed by atoms with Gasteiger partial charge in [-0.2, -0.15) is 0 Å². The highest BCUT2D eigenvalue weighted by Crippen LogP contribution is 2.25. The van der Waals surface area contributed by atoms with Crippen LogP contribution in [0.25, 0.3) is 0 Å². The minimum absolute atomic E-state index is 0.292. The van der Waals surface area contributed by atoms with E-state index >= 15 is 0 Å². The minimum Gasteiger partial charge on any atom is -0.394 e. The molecule has 10 nitrogen and oxygen atoms in total. The van der Waals surface area contributed by atoms with Crippen molar-refractivity contribution in [3.8, 4) is 0 Å². The molecule has 0 spiro atoms. The summed E-state index contributed by atoms with van der Waals surface area (Å²) in [5, 5.41) is 67.3. The molecule has 10 atom stereocenters. The third kappa shape index (κ3) is 3.82. The highest BCUT2D eigenvalue weighted by atomic mass is 16.6. The van der Waals surface area contributed by atoms with Gasteiger partial charge in [-0.15, -0.1) is 0 Å². The van der Waals surface area contributed by atoms with Crippen LogP contribution >= 0.6 is 0 Å². The van der Waals surface area contributed by atoms with E-state index in [2.05, 4.69) is 0 Å². The first-order valence-corrected chi connectivity index (χ1v) is 7.39. The summed E-state index contributed by atoms with van der Waals surface area (Å²) >= 11 is 0. The Hall–Kier alpha value is -0.400. The van der Waals surface area contributed by atoms with E-state index in [-0.39, 0.29) is 6.61 Å². The van der Waals surface area contributed by atoms with Gasteiger partial charge in [0.25, 0.3) is 0 Å². The van der Waals surface area contributed by atoms with Crippen molar-refractivity contribution in [2.45, 2.75) is 68.1 Å². The molecule has 7 N–H and O–H groups in total. The van der Waals surface area contributed by atoms with Crippen molar-refractivity contribution in [1.82, 2.24) is 0 Å². The van der Waals surface area contributed by atoms with Gasteiger partial charge < -0.3 is 50.0 Å². The van der Waals surface area contributed by atoms with Gasteiger partial charge in [0.05, 0.1) is 19.3 Å². The van der Waals surface area contributed by atoms with Crippen molar-refractivity contribution in [3.05, 3.63) is 0 Å². The Kier molecular flexibility index (Phi) is 6.30. The highest BCUT2D eigenvalue weighted by molar-refractivity contribution is 4.93. The molecule has 2 aliphatic rings. The van der Waals surface area contributed by atoms with Crippen molar-refractivity contribution in [1.29, 1.82) is 0 Å². The number of hydrogen-bond donors (Lipinski definition) is 7. The van der Waals surface area contributed by atoms with Crippen molar-refractivity contribution in [2.75, 3.05) is 13.2 Å². The van der Waals surface area contributed by atoms with Crippen LogP contribution in [0.1, 0.15) is 6.92 Å². The van der Waals surface area contributed by atoms with Crippen LogP contribution in [0.3, 0.4) is 0 Å². The molecule has 136 valence electrons. The molecule has 0 bridgehead atoms. The lowest BCUT2D eigenvalue weighted by molar-refractivity contribution is -0.296. The van der Waals surface area contributed by atoms with Crippen LogP contribution in [0.2, 0.25) is 0 Å². The summed E-state index contributed by atoms with van der Waals surface area (Å²) in [4.78, 5) is 0. The van der Waals surface area contributed by atoms with E-state index in [0.29, 0.717) is 0 Å². The Labute approximate surface area is 132 Å². The van der Waals surface area contributed by atoms with E-state index in [4.69, 9.17) is 19.3 Å². The normalized spacial score (nSPS) is 51.7. The van der Waals surface area contributed by atoms with Crippen molar-refractivity contribution < 1.29 is 50.0 Å². The molecule has 0 aromatic heterocycles. The fourth-order valence-electron chi connectivity index (χ4n) is 2.77. The molecule has 23 heavy (non-hydrogen) atoms. The maximum atomic E-state index is 9.92. The molecule has 0 saturated carbocycles. The summed E-state index contributed by atoms with van der Waals surface area (Å²) in [6, 6.07) is 0. The van der Waals surface area contributed by atoms with Crippen LogP contribution in [0.15, 0.2) is 0 Å². The summed E-state index contributed by atoms with van der Waals surface area (Å²) in [7, 11) is 0. The average Bonchev–Trinajstić information content (AvgIpc) is 2.52. The molecular formula is C13H24O10. The summed E-state index contributed by atoms with van der Waals surface area (Å²) < 4.78 is 15.7. The summed E-state index contributed by atoms with van der Waals surface area (Å²) in [6.45, 7) is 0.674. The summed E-state index contributed by atoms with van der Waals surface area (Å²) in [6.07, 6.45) is -12.8. The lowest BCUT2D eigenvalue weighted by atomic mass is 9.95. The topological polar surface area (TPSA) is 169 Å². The first-order valence-electron chi connectivity index (χ1n) is 7.39. The van der Waals surface area contributed by atoms with Gasteiger partial charge >= 0.3 is 0 Å². The number of rotatable bonds is 4. The van der Waals surface area contributed by atoms with E-state index in [1.165, 1.54) is 6.92 Å². The molecule has 0 radical (unpaired) electrons. The van der Waals surface area contributed by atoms with E-state index in [1.807, 2.05) is 0 Å². The van der Waals surface area contributed by atoms with E-state index in [1.54, 1.807) is 0 Å². The van der Waals surface area contributed by atoms with Gasteiger partial charge in [0.1, 0.15) is 48.8 Å². The predicted molar refractivity (Wildman–Crippen MR) is 72.1 cm³/mol. The first kappa shape index (κ1) is 18.9. The van der Waals surface area contributed by atoms with Crippen LogP contribution < -0.4 is 0 Å². The van der Waals surface area contributed by atoms with Gasteiger partial charge in [0.2, 0.25) is 0 Å². The summed E-state index contributed by atoms with van der Waals surface area (Å²) in [5.74, 6) is 0. The molecule has 0 unspecified atom stereocenters. The van der Waals surface area contributed by atoms with Crippen molar-refractivity contribution in [2.24, 2.45) is 0 Å². The smallest absolute Gasteiger partial charge is 0.183 e. The Bertz CT molecular complexity index is 380. The molecule has 2 rings (SSSR count). The fraction of sp³-hybridized carbons (Fsp3) is 1.00. The fourth-order valence-corrected chi connectivity index (χ4v) is 2.77. The van der Waals surface area contributed by atoms with Crippen LogP contribution in [0, 0.1) is 0 Å². The minimum atomic E-state index is -1.55. The molecule has 2 aliphatic heterocycles. The van der Waals surface area contributed by atoms with E-state index < -0.39 is 67.8 Å². The second-order valence-electron chi connectivity index (χ2n) is 5.88. The zero-order valence-corrected chi connectivity index (χ0v) is 12.5. The predicted octanol–water partition coefficient (Wildman–Crippen LogP) is -4.33. The third-order valence-corrected chi connectivity index (χ3v) is 4.24. The number of aliphatic hydroxyl groups excluding tert-OH is 7. The summed E-state index contributed by atoms with van der Waals surface area (Å²) in [5.41, 5.74) is 0. The van der Waals surface area contributed by atoms with Crippen LogP contribution in [0.4, 0.5) is 0 Å². The van der Waals surface area contributed by atoms with E-state index in [0.717, 1.165) is 0 Å². The SMILES string of the molecule is C[C@@H]1O[C@@H](O)[C@H](O)[C@H](O)[C@H]1OC[C@H]1O[C@H](CO)[C@@H](O)[C@H](O)[C@H]1O. The maximum absolute atomic E-state index is 9.92. The zero-order chi connectivity index (χ0) is 17.3. The second kappa shape index (κ2) is 7.66. The lowest BCUT2D eigenvalue weighted by Gasteiger charge is -2.42. The monoisotopic (exact) mass is 340 g/mol. The van der Waals surface area contributed by atoms with Gasteiger partial charge in [-0.1, -0.05) is 0 Å².